The van der Waals surface area contributed by atoms with Crippen LogP contribution in [-0.4, -0.2) is 31.2 Å². The van der Waals surface area contributed by atoms with Gasteiger partial charge in [-0.25, -0.2) is 14.4 Å². The van der Waals surface area contributed by atoms with Crippen LogP contribution in [0.1, 0.15) is 22.8 Å². The minimum absolute atomic E-state index is 0.0582. The van der Waals surface area contributed by atoms with E-state index in [0.717, 1.165) is 11.8 Å². The minimum atomic E-state index is -0.998. The number of carbonyl (C=O) groups is 3. The third-order valence-corrected chi connectivity index (χ3v) is 5.34. The van der Waals surface area contributed by atoms with E-state index in [0.29, 0.717) is 11.3 Å². The van der Waals surface area contributed by atoms with Gasteiger partial charge in [-0.1, -0.05) is 30.3 Å². The second-order valence-electron chi connectivity index (χ2n) is 8.05. The van der Waals surface area contributed by atoms with E-state index in [1.54, 1.807) is 0 Å². The maximum Gasteiger partial charge on any atom is 0.408 e. The zero-order valence-electron chi connectivity index (χ0n) is 20.5. The van der Waals surface area contributed by atoms with Crippen molar-refractivity contribution < 1.29 is 37.7 Å². The number of hydrogen-bond donors (Lipinski definition) is 1. The number of hydrogen-bond acceptors (Lipinski definition) is 9. The van der Waals surface area contributed by atoms with Crippen LogP contribution < -0.4 is 20.2 Å². The van der Waals surface area contributed by atoms with Crippen molar-refractivity contribution in [3.63, 3.8) is 0 Å². The topological polar surface area (TPSA) is 130 Å². The third kappa shape index (κ3) is 6.35. The number of fused-ring (bicyclic) bond motifs is 1. The molecule has 1 amide bonds. The van der Waals surface area contributed by atoms with E-state index in [-0.39, 0.29) is 29.1 Å². The molecule has 4 aromatic rings. The summed E-state index contributed by atoms with van der Waals surface area (Å²) < 4.78 is 26.2. The Balaban J connectivity index is 1.37. The first-order valence-electron chi connectivity index (χ1n) is 11.4. The molecular weight excluding hydrogens is 494 g/mol. The molecule has 0 aliphatic rings. The molecule has 194 valence electrons. The smallest absolute Gasteiger partial charge is 0.408 e. The van der Waals surface area contributed by atoms with Crippen molar-refractivity contribution >= 4 is 29.0 Å². The summed E-state index contributed by atoms with van der Waals surface area (Å²) in [5, 5.41) is 2.61. The van der Waals surface area contributed by atoms with E-state index in [2.05, 4.69) is 10.1 Å². The number of benzene rings is 3. The molecule has 1 N–H and O–H groups in total. The summed E-state index contributed by atoms with van der Waals surface area (Å²) in [4.78, 5) is 48.8. The van der Waals surface area contributed by atoms with Crippen LogP contribution >= 0.6 is 0 Å². The van der Waals surface area contributed by atoms with Crippen molar-refractivity contribution in [1.82, 2.24) is 5.32 Å². The number of alkyl carbamates (subject to hydrolysis) is 1. The summed E-state index contributed by atoms with van der Waals surface area (Å²) in [7, 11) is 1.28. The summed E-state index contributed by atoms with van der Waals surface area (Å²) >= 11 is 0. The zero-order valence-corrected chi connectivity index (χ0v) is 20.5. The normalized spacial score (nSPS) is 11.3. The SMILES string of the molecule is COC(=O)c1ccc(Oc2coc3cc(OC(=O)[C@H](C)NC(=O)OCc4ccccc4)ccc3c2=O)cc1. The fraction of sp³-hybridized carbons (Fsp3) is 0.143. The lowest BCUT2D eigenvalue weighted by Crippen LogP contribution is -2.41. The molecule has 0 saturated heterocycles. The third-order valence-electron chi connectivity index (χ3n) is 5.34. The van der Waals surface area contributed by atoms with E-state index >= 15 is 0 Å². The Morgan fingerprint density at radius 1 is 0.947 bits per heavy atom. The van der Waals surface area contributed by atoms with Crippen LogP contribution in [0.3, 0.4) is 0 Å². The van der Waals surface area contributed by atoms with Crippen molar-refractivity contribution in [2.75, 3.05) is 7.11 Å². The molecule has 0 radical (unpaired) electrons. The number of rotatable bonds is 8. The lowest BCUT2D eigenvalue weighted by molar-refractivity contribution is -0.136. The van der Waals surface area contributed by atoms with Crippen molar-refractivity contribution in [3.05, 3.63) is 100 Å². The highest BCUT2D eigenvalue weighted by atomic mass is 16.6. The molecule has 0 aliphatic heterocycles. The molecule has 1 heterocycles. The monoisotopic (exact) mass is 517 g/mol. The molecule has 10 nitrogen and oxygen atoms in total. The van der Waals surface area contributed by atoms with Gasteiger partial charge in [-0.15, -0.1) is 0 Å². The molecule has 1 atom stereocenters. The minimum Gasteiger partial charge on any atom is -0.465 e. The summed E-state index contributed by atoms with van der Waals surface area (Å²) in [5.74, 6) is -0.868. The van der Waals surface area contributed by atoms with Crippen LogP contribution in [0.5, 0.6) is 17.2 Å². The molecule has 3 aromatic carbocycles. The van der Waals surface area contributed by atoms with Gasteiger partial charge in [-0.05, 0) is 48.9 Å². The number of carbonyl (C=O) groups excluding carboxylic acids is 3. The summed E-state index contributed by atoms with van der Waals surface area (Å²) in [6.07, 6.45) is 0.368. The largest absolute Gasteiger partial charge is 0.465 e. The summed E-state index contributed by atoms with van der Waals surface area (Å²) in [6.45, 7) is 1.51. The highest BCUT2D eigenvalue weighted by Gasteiger charge is 2.19. The Kier molecular flexibility index (Phi) is 8.02. The Morgan fingerprint density at radius 3 is 2.37 bits per heavy atom. The molecule has 0 saturated carbocycles. The van der Waals surface area contributed by atoms with Gasteiger partial charge in [0.1, 0.15) is 36.0 Å². The van der Waals surface area contributed by atoms with Gasteiger partial charge < -0.3 is 28.7 Å². The first kappa shape index (κ1) is 26.0. The Bertz CT molecular complexity index is 1510. The van der Waals surface area contributed by atoms with E-state index in [1.165, 1.54) is 56.5 Å². The van der Waals surface area contributed by atoms with E-state index in [9.17, 15) is 19.2 Å². The first-order valence-corrected chi connectivity index (χ1v) is 11.4. The predicted octanol–water partition coefficient (Wildman–Crippen LogP) is 4.59. The van der Waals surface area contributed by atoms with Crippen molar-refractivity contribution in [1.29, 1.82) is 0 Å². The molecule has 0 bridgehead atoms. The standard InChI is InChI=1S/C28H23NO9/c1-17(29-28(33)36-15-18-6-4-3-5-7-18)26(31)38-21-12-13-22-23(14-21)35-16-24(25(22)30)37-20-10-8-19(9-11-20)27(32)34-2/h3-14,16-17H,15H2,1-2H3,(H,29,33)/t17-/m0/s1. The van der Waals surface area contributed by atoms with Crippen LogP contribution in [0.15, 0.2) is 88.3 Å². The van der Waals surface area contributed by atoms with E-state index in [1.807, 2.05) is 30.3 Å². The number of nitrogens with one attached hydrogen (secondary N) is 1. The number of amides is 1. The lowest BCUT2D eigenvalue weighted by atomic mass is 10.2. The Labute approximate surface area is 216 Å². The van der Waals surface area contributed by atoms with Gasteiger partial charge in [-0.3, -0.25) is 4.79 Å². The highest BCUT2D eigenvalue weighted by molar-refractivity contribution is 5.89. The second-order valence-corrected chi connectivity index (χ2v) is 8.05. The summed E-state index contributed by atoms with van der Waals surface area (Å²) in [6, 6.07) is 18.4. The fourth-order valence-corrected chi connectivity index (χ4v) is 3.33. The number of methoxy groups -OCH3 is 1. The van der Waals surface area contributed by atoms with Crippen molar-refractivity contribution in [3.8, 4) is 17.2 Å². The Hall–Kier alpha value is -5.12. The summed E-state index contributed by atoms with van der Waals surface area (Å²) in [5.41, 5.74) is 0.857. The van der Waals surface area contributed by atoms with E-state index in [4.69, 9.17) is 18.6 Å². The molecule has 1 aromatic heterocycles. The maximum atomic E-state index is 12.9. The number of ether oxygens (including phenoxy) is 4. The average Bonchev–Trinajstić information content (AvgIpc) is 2.94. The van der Waals surface area contributed by atoms with Gasteiger partial charge in [0.25, 0.3) is 0 Å². The fourth-order valence-electron chi connectivity index (χ4n) is 3.33. The van der Waals surface area contributed by atoms with Crippen LogP contribution in [-0.2, 0) is 20.9 Å². The molecule has 0 aliphatic carbocycles. The maximum absolute atomic E-state index is 12.9. The van der Waals surface area contributed by atoms with Gasteiger partial charge in [-0.2, -0.15) is 0 Å². The second kappa shape index (κ2) is 11.7. The highest BCUT2D eigenvalue weighted by Crippen LogP contribution is 2.24. The van der Waals surface area contributed by atoms with Crippen molar-refractivity contribution in [2.45, 2.75) is 19.6 Å². The molecule has 0 unspecified atom stereocenters. The van der Waals surface area contributed by atoms with Gasteiger partial charge in [0, 0.05) is 6.07 Å². The van der Waals surface area contributed by atoms with Crippen LogP contribution in [0, 0.1) is 0 Å². The van der Waals surface area contributed by atoms with Gasteiger partial charge in [0.15, 0.2) is 0 Å². The van der Waals surface area contributed by atoms with Crippen LogP contribution in [0.25, 0.3) is 11.0 Å². The molecule has 38 heavy (non-hydrogen) atoms. The van der Waals surface area contributed by atoms with Gasteiger partial charge >= 0.3 is 18.0 Å². The quantitative estimate of drug-likeness (QED) is 0.263. The molecule has 0 fully saturated rings. The van der Waals surface area contributed by atoms with Crippen LogP contribution in [0.4, 0.5) is 4.79 Å². The number of esters is 2. The molecular formula is C28H23NO9. The molecule has 0 spiro atoms. The zero-order chi connectivity index (χ0) is 27.1. The Morgan fingerprint density at radius 2 is 1.66 bits per heavy atom. The average molecular weight is 517 g/mol. The predicted molar refractivity (Wildman–Crippen MR) is 135 cm³/mol. The van der Waals surface area contributed by atoms with Gasteiger partial charge in [0.05, 0.1) is 18.1 Å². The van der Waals surface area contributed by atoms with Crippen molar-refractivity contribution in [2.24, 2.45) is 0 Å². The van der Waals surface area contributed by atoms with Crippen LogP contribution in [0.2, 0.25) is 0 Å². The molecule has 4 rings (SSSR count). The first-order chi connectivity index (χ1) is 18.3. The lowest BCUT2D eigenvalue weighted by Gasteiger charge is -2.13. The molecule has 10 heteroatoms. The van der Waals surface area contributed by atoms with Gasteiger partial charge in [0.2, 0.25) is 11.2 Å². The van der Waals surface area contributed by atoms with E-state index < -0.39 is 29.5 Å².